The first kappa shape index (κ1) is 44.3. The maximum Gasteiger partial charge on any atom is 0.312 e. The van der Waals surface area contributed by atoms with Gasteiger partial charge in [-0.15, -0.1) is 0 Å². The molecule has 10 rings (SSSR count). The molecule has 3 aromatic heterocycles. The van der Waals surface area contributed by atoms with Crippen molar-refractivity contribution in [3.05, 3.63) is 106 Å². The van der Waals surface area contributed by atoms with E-state index in [4.69, 9.17) is 4.74 Å². The third-order valence-electron chi connectivity index (χ3n) is 15.5. The van der Waals surface area contributed by atoms with Crippen LogP contribution in [0, 0.1) is 21.4 Å². The third kappa shape index (κ3) is 9.36. The van der Waals surface area contributed by atoms with E-state index >= 15 is 0 Å². The Hall–Kier alpha value is -5.58. The van der Waals surface area contributed by atoms with Crippen LogP contribution in [0.4, 0.5) is 17.2 Å². The molecule has 3 saturated carbocycles. The molecular formula is C50H60N8O7S. The van der Waals surface area contributed by atoms with Gasteiger partial charge in [0.1, 0.15) is 22.0 Å². The number of anilines is 2. The number of benzene rings is 2. The highest BCUT2D eigenvalue weighted by Gasteiger charge is 2.43. The van der Waals surface area contributed by atoms with Crippen molar-refractivity contribution in [2.24, 2.45) is 11.3 Å². The van der Waals surface area contributed by atoms with Gasteiger partial charge in [-0.25, -0.2) is 23.1 Å². The summed E-state index contributed by atoms with van der Waals surface area (Å²) in [6, 6.07) is 20.1. The Morgan fingerprint density at radius 1 is 0.909 bits per heavy atom. The van der Waals surface area contributed by atoms with Gasteiger partial charge in [0.05, 0.1) is 28.5 Å². The number of pyridine rings is 2. The highest BCUT2D eigenvalue weighted by Crippen LogP contribution is 2.50. The molecule has 4 N–H and O–H groups in total. The summed E-state index contributed by atoms with van der Waals surface area (Å²) in [6.07, 6.45) is 19.2. The molecule has 5 aliphatic rings. The van der Waals surface area contributed by atoms with Gasteiger partial charge in [0, 0.05) is 61.1 Å². The molecule has 3 aliphatic carbocycles. The van der Waals surface area contributed by atoms with Gasteiger partial charge in [-0.1, -0.05) is 24.3 Å². The van der Waals surface area contributed by atoms with Crippen molar-refractivity contribution in [3.63, 3.8) is 0 Å². The van der Waals surface area contributed by atoms with Crippen molar-refractivity contribution >= 4 is 44.2 Å². The number of aliphatic hydroxyl groups is 1. The number of carbonyl (C=O) groups excluding carboxylic acids is 1. The van der Waals surface area contributed by atoms with Crippen molar-refractivity contribution in [1.82, 2.24) is 24.6 Å². The van der Waals surface area contributed by atoms with Gasteiger partial charge in [0.2, 0.25) is 5.82 Å². The van der Waals surface area contributed by atoms with Crippen LogP contribution >= 0.6 is 0 Å². The highest BCUT2D eigenvalue weighted by atomic mass is 32.2. The summed E-state index contributed by atoms with van der Waals surface area (Å²) in [5, 5.41) is 26.3. The van der Waals surface area contributed by atoms with Gasteiger partial charge >= 0.3 is 5.69 Å². The molecule has 5 heterocycles. The lowest BCUT2D eigenvalue weighted by molar-refractivity contribution is -0.384. The summed E-state index contributed by atoms with van der Waals surface area (Å²) in [7, 11) is -4.62. The van der Waals surface area contributed by atoms with E-state index in [9.17, 15) is 28.4 Å². The van der Waals surface area contributed by atoms with Crippen molar-refractivity contribution in [2.45, 2.75) is 125 Å². The number of piperidine rings is 1. The maximum atomic E-state index is 14.0. The minimum Gasteiger partial charge on any atom is -0.455 e. The van der Waals surface area contributed by atoms with E-state index in [0.29, 0.717) is 48.3 Å². The molecule has 16 heteroatoms. The number of fused-ring (bicyclic) bond motifs is 1. The molecule has 2 aliphatic heterocycles. The molecule has 0 radical (unpaired) electrons. The zero-order valence-electron chi connectivity index (χ0n) is 37.6. The Labute approximate surface area is 385 Å². The van der Waals surface area contributed by atoms with E-state index in [1.54, 1.807) is 48.6 Å². The Kier molecular flexibility index (Phi) is 12.0. The number of nitrogens with one attached hydrogen (secondary N) is 3. The second kappa shape index (κ2) is 17.9. The third-order valence-corrected chi connectivity index (χ3v) is 16.8. The molecule has 66 heavy (non-hydrogen) atoms. The first-order chi connectivity index (χ1) is 31.8. The van der Waals surface area contributed by atoms with Crippen LogP contribution in [0.1, 0.15) is 130 Å². The molecule has 0 bridgehead atoms. The number of H-pyrrole nitrogens is 1. The van der Waals surface area contributed by atoms with Gasteiger partial charge in [0.15, 0.2) is 0 Å². The number of amides is 1. The van der Waals surface area contributed by atoms with Gasteiger partial charge in [0.25, 0.3) is 15.9 Å². The fraction of sp³-hybridized carbons (Fsp3) is 0.500. The monoisotopic (exact) mass is 916 g/mol. The molecule has 5 fully saturated rings. The summed E-state index contributed by atoms with van der Waals surface area (Å²) in [5.41, 5.74) is 3.71. The van der Waals surface area contributed by atoms with Crippen molar-refractivity contribution in [2.75, 3.05) is 36.4 Å². The Bertz CT molecular complexity index is 2710. The Balaban J connectivity index is 0.824. The van der Waals surface area contributed by atoms with E-state index in [-0.39, 0.29) is 23.0 Å². The molecule has 2 saturated heterocycles. The number of ether oxygens (including phenoxy) is 1. The van der Waals surface area contributed by atoms with Crippen molar-refractivity contribution in [3.8, 4) is 11.5 Å². The lowest BCUT2D eigenvalue weighted by Crippen LogP contribution is -2.45. The number of aromatic amines is 1. The predicted octanol–water partition coefficient (Wildman–Crippen LogP) is 9.37. The number of hydrogen-bond acceptors (Lipinski definition) is 12. The summed E-state index contributed by atoms with van der Waals surface area (Å²) in [5.74, 6) is 0.402. The largest absolute Gasteiger partial charge is 0.455 e. The minimum atomic E-state index is -4.62. The molecule has 0 unspecified atom stereocenters. The number of carbonyl (C=O) groups is 1. The number of likely N-dealkylation sites (tertiary alicyclic amines) is 1. The predicted molar refractivity (Wildman–Crippen MR) is 252 cm³/mol. The minimum absolute atomic E-state index is 0.0320. The van der Waals surface area contributed by atoms with E-state index in [1.165, 1.54) is 57.9 Å². The molecule has 1 atom stereocenters. The van der Waals surface area contributed by atoms with Gasteiger partial charge in [-0.3, -0.25) is 19.8 Å². The van der Waals surface area contributed by atoms with Crippen LogP contribution in [0.15, 0.2) is 84.1 Å². The molecule has 1 spiro atoms. The quantitative estimate of drug-likeness (QED) is 0.0646. The van der Waals surface area contributed by atoms with E-state index in [1.807, 2.05) is 12.1 Å². The number of nitro groups is 1. The zero-order valence-corrected chi connectivity index (χ0v) is 38.4. The summed E-state index contributed by atoms with van der Waals surface area (Å²) in [6.45, 7) is 5.07. The van der Waals surface area contributed by atoms with Gasteiger partial charge in [-0.05, 0) is 156 Å². The Morgan fingerprint density at radius 2 is 1.67 bits per heavy atom. The van der Waals surface area contributed by atoms with E-state index in [2.05, 4.69) is 59.1 Å². The second-order valence-electron chi connectivity index (χ2n) is 19.9. The number of hydrogen-bond donors (Lipinski definition) is 4. The number of aromatic nitrogens is 3. The van der Waals surface area contributed by atoms with Crippen LogP contribution < -0.4 is 19.7 Å². The Morgan fingerprint density at radius 3 is 2.41 bits per heavy atom. The molecule has 15 nitrogen and oxygen atoms in total. The van der Waals surface area contributed by atoms with Crippen LogP contribution in [0.5, 0.6) is 11.5 Å². The molecule has 1 amide bonds. The second-order valence-corrected chi connectivity index (χ2v) is 21.6. The lowest BCUT2D eigenvalue weighted by Gasteiger charge is -2.48. The van der Waals surface area contributed by atoms with Crippen molar-refractivity contribution in [1.29, 1.82) is 0 Å². The molecule has 5 aromatic rings. The molecular weight excluding hydrogens is 857 g/mol. The van der Waals surface area contributed by atoms with Gasteiger partial charge in [-0.2, -0.15) is 0 Å². The first-order valence-electron chi connectivity index (χ1n) is 23.8. The summed E-state index contributed by atoms with van der Waals surface area (Å²) in [4.78, 5) is 41.7. The summed E-state index contributed by atoms with van der Waals surface area (Å²) < 4.78 is 35.9. The number of rotatable bonds is 13. The van der Waals surface area contributed by atoms with Crippen LogP contribution in [0.25, 0.3) is 11.0 Å². The van der Waals surface area contributed by atoms with E-state index < -0.39 is 37.0 Å². The average Bonchev–Trinajstić information content (AvgIpc) is 3.85. The smallest absolute Gasteiger partial charge is 0.312 e. The average molecular weight is 917 g/mol. The molecule has 2 aromatic carbocycles. The fourth-order valence-corrected chi connectivity index (χ4v) is 12.3. The highest BCUT2D eigenvalue weighted by molar-refractivity contribution is 7.90. The van der Waals surface area contributed by atoms with Crippen LogP contribution in [0.3, 0.4) is 0 Å². The zero-order chi connectivity index (χ0) is 45.6. The van der Waals surface area contributed by atoms with Crippen molar-refractivity contribution < 1.29 is 28.0 Å². The van der Waals surface area contributed by atoms with Gasteiger partial charge < -0.3 is 25.0 Å². The summed E-state index contributed by atoms with van der Waals surface area (Å²) >= 11 is 0. The topological polar surface area (TPSA) is 196 Å². The maximum absolute atomic E-state index is 14.0. The van der Waals surface area contributed by atoms with Crippen LogP contribution in [-0.2, 0) is 10.0 Å². The van der Waals surface area contributed by atoms with Crippen LogP contribution in [-0.4, -0.2) is 82.0 Å². The first-order valence-corrected chi connectivity index (χ1v) is 25.3. The number of sulfonamides is 1. The fourth-order valence-electron chi connectivity index (χ4n) is 11.3. The number of nitrogens with zero attached hydrogens (tertiary/aromatic N) is 5. The molecule has 348 valence electrons. The standard InChI is InChI=1S/C50H60N8O7S/c1-49(60)17-12-33(13-18-49)30-52-47-44(58(61)62)29-39(32-54-47)66(63,64)55-48(59)42-11-10-37(28-45(42)65-38-27-35-16-23-51-46(35)53-31-38)56-25-21-50(22-26-56)19-14-36(15-20-50)57-24-4-7-43(57)41-6-3-2-5-40(41)34-8-9-34/h2-3,5-6,10-11,16,23,27-29,31-34,36,43,60H,4,7-9,12-15,17-22,24-26,30H2,1H3,(H,51,53)(H,52,54)(H,55,59)/t33?,43-,49?/m1/s1. The normalized spacial score (nSPS) is 23.8. The lowest BCUT2D eigenvalue weighted by atomic mass is 9.66. The van der Waals surface area contributed by atoms with E-state index in [0.717, 1.165) is 68.0 Å². The van der Waals surface area contributed by atoms with Crippen LogP contribution in [0.2, 0.25) is 0 Å². The SMILES string of the molecule is CC1(O)CCC(CNc2ncc(S(=O)(=O)NC(=O)c3ccc(N4CCC5(CCC(N6CCC[C@@H]6c6ccccc6C6CC6)CC5)CC4)cc3Oc3cnc4[nH]ccc4c3)cc2[N+](=O)[O-])CC1.